The molecule has 0 bridgehead atoms. The predicted molar refractivity (Wildman–Crippen MR) is 91.9 cm³/mol. The summed E-state index contributed by atoms with van der Waals surface area (Å²) in [6, 6.07) is 0. The van der Waals surface area contributed by atoms with Gasteiger partial charge in [0.2, 0.25) is 0 Å². The van der Waals surface area contributed by atoms with Crippen LogP contribution < -0.4 is 0 Å². The second-order valence-corrected chi connectivity index (χ2v) is 11.1. The van der Waals surface area contributed by atoms with Crippen LogP contribution in [-0.4, -0.2) is 0 Å². The van der Waals surface area contributed by atoms with E-state index in [0.717, 1.165) is 0 Å². The first-order chi connectivity index (χ1) is 8.37. The summed E-state index contributed by atoms with van der Waals surface area (Å²) in [7, 11) is 0. The minimum atomic E-state index is 0.286. The lowest BCUT2D eigenvalue weighted by Gasteiger charge is -2.75. The van der Waals surface area contributed by atoms with Gasteiger partial charge in [-0.2, -0.15) is 0 Å². The minimum absolute atomic E-state index is 0.286. The smallest absolute Gasteiger partial charge is 0.0241 e. The van der Waals surface area contributed by atoms with E-state index < -0.39 is 0 Å². The van der Waals surface area contributed by atoms with Crippen LogP contribution in [0.2, 0.25) is 0 Å². The largest absolute Gasteiger partial charge is 0.0599 e. The molecule has 0 heterocycles. The molecule has 0 spiro atoms. The fraction of sp³-hybridized carbons (Fsp3) is 1.00. The van der Waals surface area contributed by atoms with Crippen molar-refractivity contribution in [2.45, 2.75) is 90.0 Å². The molecular weight excluding hydrogens is 240 g/mol. The summed E-state index contributed by atoms with van der Waals surface area (Å²) in [5.74, 6) is 0.681. The lowest BCUT2D eigenvalue weighted by atomic mass is 9.30. The third kappa shape index (κ3) is 1.78. The van der Waals surface area contributed by atoms with Gasteiger partial charge in [-0.15, -0.1) is 0 Å². The second-order valence-electron chi connectivity index (χ2n) is 11.1. The highest BCUT2D eigenvalue weighted by Crippen LogP contribution is 2.76. The lowest BCUT2D eigenvalue weighted by molar-refractivity contribution is -0.270. The summed E-state index contributed by atoms with van der Waals surface area (Å²) in [6.45, 7) is 32.4. The Labute approximate surface area is 129 Å². The van der Waals surface area contributed by atoms with Crippen LogP contribution in [0.4, 0.5) is 0 Å². The molecule has 0 atom stereocenters. The molecule has 1 aliphatic rings. The molecule has 0 amide bonds. The first-order valence-corrected chi connectivity index (χ1v) is 8.37. The molecule has 1 fully saturated rings. The van der Waals surface area contributed by atoms with E-state index in [1.54, 1.807) is 0 Å². The summed E-state index contributed by atoms with van der Waals surface area (Å²) in [5, 5.41) is 0. The van der Waals surface area contributed by atoms with Crippen molar-refractivity contribution in [2.24, 2.45) is 38.4 Å². The Bertz CT molecular complexity index is 353. The molecule has 20 heavy (non-hydrogen) atoms. The van der Waals surface area contributed by atoms with E-state index >= 15 is 0 Å². The molecule has 0 heteroatoms. The highest BCUT2D eigenvalue weighted by Gasteiger charge is 2.70. The van der Waals surface area contributed by atoms with E-state index in [2.05, 4.69) is 90.0 Å². The highest BCUT2D eigenvalue weighted by atomic mass is 14.7. The van der Waals surface area contributed by atoms with Crippen molar-refractivity contribution in [3.8, 4) is 0 Å². The maximum Gasteiger partial charge on any atom is -0.0241 e. The zero-order valence-electron chi connectivity index (χ0n) is 16.6. The monoisotopic (exact) mass is 280 g/mol. The standard InChI is InChI=1S/C20H40/c1-15(2,3)14-16(4,5)18(8,9)20(12,13)19(10,11)17(14,6)7/h14H,1-13H3. The van der Waals surface area contributed by atoms with Crippen molar-refractivity contribution in [1.29, 1.82) is 0 Å². The molecule has 0 saturated heterocycles. The molecule has 1 rings (SSSR count). The summed E-state index contributed by atoms with van der Waals surface area (Å²) >= 11 is 0. The Morgan fingerprint density at radius 3 is 0.950 bits per heavy atom. The van der Waals surface area contributed by atoms with Crippen molar-refractivity contribution >= 4 is 0 Å². The van der Waals surface area contributed by atoms with Gasteiger partial charge in [-0.25, -0.2) is 0 Å². The van der Waals surface area contributed by atoms with E-state index in [0.29, 0.717) is 22.2 Å². The molecular formula is C20H40. The van der Waals surface area contributed by atoms with Gasteiger partial charge in [0.1, 0.15) is 0 Å². The van der Waals surface area contributed by atoms with Crippen LogP contribution in [-0.2, 0) is 0 Å². The van der Waals surface area contributed by atoms with Gasteiger partial charge in [0, 0.05) is 0 Å². The van der Waals surface area contributed by atoms with E-state index in [1.807, 2.05) is 0 Å². The molecule has 0 aromatic heterocycles. The van der Waals surface area contributed by atoms with Gasteiger partial charge in [-0.3, -0.25) is 0 Å². The van der Waals surface area contributed by atoms with Crippen LogP contribution >= 0.6 is 0 Å². The first-order valence-electron chi connectivity index (χ1n) is 8.37. The van der Waals surface area contributed by atoms with Crippen molar-refractivity contribution < 1.29 is 0 Å². The Kier molecular flexibility index (Phi) is 3.65. The van der Waals surface area contributed by atoms with E-state index in [-0.39, 0.29) is 16.2 Å². The lowest BCUT2D eigenvalue weighted by Crippen LogP contribution is -2.69. The van der Waals surface area contributed by atoms with Crippen LogP contribution in [0.25, 0.3) is 0 Å². The molecule has 120 valence electrons. The van der Waals surface area contributed by atoms with E-state index in [1.165, 1.54) is 0 Å². The number of hydrogen-bond acceptors (Lipinski definition) is 0. The quantitative estimate of drug-likeness (QED) is 0.458. The van der Waals surface area contributed by atoms with Gasteiger partial charge >= 0.3 is 0 Å². The normalized spacial score (nSPS) is 31.1. The van der Waals surface area contributed by atoms with E-state index in [9.17, 15) is 0 Å². The van der Waals surface area contributed by atoms with Gasteiger partial charge in [0.25, 0.3) is 0 Å². The molecule has 0 nitrogen and oxygen atoms in total. The van der Waals surface area contributed by atoms with Crippen molar-refractivity contribution in [2.75, 3.05) is 0 Å². The third-order valence-corrected chi connectivity index (χ3v) is 8.66. The molecule has 0 N–H and O–H groups in total. The molecule has 0 radical (unpaired) electrons. The maximum absolute atomic E-state index is 2.52. The zero-order chi connectivity index (χ0) is 16.6. The fourth-order valence-electron chi connectivity index (χ4n) is 6.18. The molecule has 1 saturated carbocycles. The topological polar surface area (TPSA) is 0 Å². The molecule has 0 aromatic rings. The average molecular weight is 281 g/mol. The minimum Gasteiger partial charge on any atom is -0.0599 e. The van der Waals surface area contributed by atoms with Crippen molar-refractivity contribution in [3.05, 3.63) is 0 Å². The van der Waals surface area contributed by atoms with Gasteiger partial charge in [-0.1, -0.05) is 90.0 Å². The average Bonchev–Trinajstić information content (AvgIpc) is 2.11. The first kappa shape index (κ1) is 18.1. The van der Waals surface area contributed by atoms with Crippen LogP contribution in [0.1, 0.15) is 90.0 Å². The Hall–Kier alpha value is 0. The van der Waals surface area contributed by atoms with Crippen LogP contribution in [0.15, 0.2) is 0 Å². The predicted octanol–water partition coefficient (Wildman–Crippen LogP) is 6.79. The summed E-state index contributed by atoms with van der Waals surface area (Å²) in [6.07, 6.45) is 0. The summed E-state index contributed by atoms with van der Waals surface area (Å²) in [4.78, 5) is 0. The Morgan fingerprint density at radius 1 is 0.500 bits per heavy atom. The Balaban J connectivity index is 3.74. The molecule has 0 aromatic carbocycles. The molecule has 1 aliphatic carbocycles. The van der Waals surface area contributed by atoms with E-state index in [4.69, 9.17) is 0 Å². The van der Waals surface area contributed by atoms with Crippen molar-refractivity contribution in [1.82, 2.24) is 0 Å². The maximum atomic E-state index is 2.52. The van der Waals surface area contributed by atoms with Crippen LogP contribution in [0, 0.1) is 38.4 Å². The fourth-order valence-corrected chi connectivity index (χ4v) is 6.18. The van der Waals surface area contributed by atoms with Gasteiger partial charge in [-0.05, 0) is 38.4 Å². The Morgan fingerprint density at radius 2 is 0.750 bits per heavy atom. The van der Waals surface area contributed by atoms with Crippen molar-refractivity contribution in [3.63, 3.8) is 0 Å². The number of rotatable bonds is 0. The highest BCUT2D eigenvalue weighted by molar-refractivity contribution is 5.18. The molecule has 0 aliphatic heterocycles. The second kappa shape index (κ2) is 4.05. The molecule has 0 unspecified atom stereocenters. The van der Waals surface area contributed by atoms with Gasteiger partial charge in [0.05, 0.1) is 0 Å². The van der Waals surface area contributed by atoms with Gasteiger partial charge < -0.3 is 0 Å². The SMILES string of the molecule is CC(C)(C)C1C(C)(C)C(C)(C)C(C)(C)C(C)(C)C1(C)C. The van der Waals surface area contributed by atoms with Crippen LogP contribution in [0.5, 0.6) is 0 Å². The summed E-state index contributed by atoms with van der Waals surface area (Å²) in [5.41, 5.74) is 1.78. The summed E-state index contributed by atoms with van der Waals surface area (Å²) < 4.78 is 0. The number of hydrogen-bond donors (Lipinski definition) is 0. The zero-order valence-corrected chi connectivity index (χ0v) is 16.6. The van der Waals surface area contributed by atoms with Gasteiger partial charge in [0.15, 0.2) is 0 Å². The third-order valence-electron chi connectivity index (χ3n) is 8.66. The van der Waals surface area contributed by atoms with Crippen LogP contribution in [0.3, 0.4) is 0 Å².